The van der Waals surface area contributed by atoms with Crippen molar-refractivity contribution in [1.82, 2.24) is 9.88 Å². The molecule has 0 radical (unpaired) electrons. The van der Waals surface area contributed by atoms with Crippen molar-refractivity contribution in [3.8, 4) is 17.3 Å². The Morgan fingerprint density at radius 3 is 2.65 bits per heavy atom. The maximum Gasteiger partial charge on any atom is 0.232 e. The average Bonchev–Trinajstić information content (AvgIpc) is 3.10. The molecule has 0 spiro atoms. The number of anilines is 1. The lowest BCUT2D eigenvalue weighted by Gasteiger charge is -2.20. The highest BCUT2D eigenvalue weighted by atomic mass is 16.2. The zero-order valence-corrected chi connectivity index (χ0v) is 13.0. The Kier molecular flexibility index (Phi) is 4.24. The fourth-order valence-corrected chi connectivity index (χ4v) is 2.83. The summed E-state index contributed by atoms with van der Waals surface area (Å²) < 4.78 is 0. The predicted octanol–water partition coefficient (Wildman–Crippen LogP) is 2.51. The van der Waals surface area contributed by atoms with Gasteiger partial charge in [0.25, 0.3) is 0 Å². The molecule has 0 saturated carbocycles. The summed E-state index contributed by atoms with van der Waals surface area (Å²) in [5.74, 6) is 0.517. The van der Waals surface area contributed by atoms with E-state index in [4.69, 9.17) is 5.26 Å². The predicted molar refractivity (Wildman–Crippen MR) is 88.4 cm³/mol. The molecule has 1 amide bonds. The second-order valence-electron chi connectivity index (χ2n) is 5.70. The third kappa shape index (κ3) is 3.16. The molecule has 5 heteroatoms. The van der Waals surface area contributed by atoms with Gasteiger partial charge in [0.05, 0.1) is 5.92 Å². The maximum atomic E-state index is 12.5. The number of rotatable bonds is 3. The van der Waals surface area contributed by atoms with E-state index in [1.807, 2.05) is 42.5 Å². The number of carbonyl (C=O) groups excluding carboxylic acids is 1. The summed E-state index contributed by atoms with van der Waals surface area (Å²) in [4.78, 5) is 20.1. The topological polar surface area (TPSA) is 60.2 Å². The summed E-state index contributed by atoms with van der Waals surface area (Å²) in [5.41, 5.74) is 2.12. The lowest BCUT2D eigenvalue weighted by molar-refractivity contribution is -0.121. The fraction of sp³-hybridized carbons (Fsp3) is 0.278. The van der Waals surface area contributed by atoms with Crippen LogP contribution in [0.4, 0.5) is 5.82 Å². The monoisotopic (exact) mass is 306 g/mol. The van der Waals surface area contributed by atoms with Crippen LogP contribution in [-0.4, -0.2) is 35.9 Å². The summed E-state index contributed by atoms with van der Waals surface area (Å²) in [7, 11) is 1.74. The Morgan fingerprint density at radius 1 is 1.26 bits per heavy atom. The minimum atomic E-state index is -0.129. The van der Waals surface area contributed by atoms with Gasteiger partial charge in [-0.1, -0.05) is 30.3 Å². The van der Waals surface area contributed by atoms with E-state index in [1.165, 1.54) is 0 Å². The van der Waals surface area contributed by atoms with Gasteiger partial charge < -0.3 is 4.90 Å². The highest BCUT2D eigenvalue weighted by Gasteiger charge is 2.30. The van der Waals surface area contributed by atoms with E-state index in [1.54, 1.807) is 23.0 Å². The van der Waals surface area contributed by atoms with Crippen LogP contribution in [0.3, 0.4) is 0 Å². The average molecular weight is 306 g/mol. The lowest BCUT2D eigenvalue weighted by atomic mass is 10.1. The highest BCUT2D eigenvalue weighted by Crippen LogP contribution is 2.23. The molecule has 23 heavy (non-hydrogen) atoms. The van der Waals surface area contributed by atoms with Crippen LogP contribution in [0.5, 0.6) is 0 Å². The molecule has 0 bridgehead atoms. The van der Waals surface area contributed by atoms with Gasteiger partial charge in [-0.3, -0.25) is 9.69 Å². The molecular weight excluding hydrogens is 288 g/mol. The molecule has 1 saturated heterocycles. The summed E-state index contributed by atoms with van der Waals surface area (Å²) >= 11 is 0. The SMILES string of the molecule is CN(C(=O)[C@@H]1CCN(C#N)C1)c1ccc(-c2ccccc2)cn1. The van der Waals surface area contributed by atoms with Crippen molar-refractivity contribution in [2.75, 3.05) is 25.0 Å². The largest absolute Gasteiger partial charge is 0.310 e. The standard InChI is InChI=1S/C18H18N4O/c1-21(18(23)16-9-10-22(12-16)13-19)17-8-7-15(11-20-17)14-5-3-2-4-6-14/h2-8,11,16H,9-10,12H2,1H3/t16-/m1/s1. The van der Waals surface area contributed by atoms with Gasteiger partial charge >= 0.3 is 0 Å². The van der Waals surface area contributed by atoms with Crippen LogP contribution >= 0.6 is 0 Å². The molecule has 1 aliphatic heterocycles. The minimum Gasteiger partial charge on any atom is -0.310 e. The number of benzene rings is 1. The molecule has 5 nitrogen and oxygen atoms in total. The Labute approximate surface area is 135 Å². The number of carbonyl (C=O) groups is 1. The smallest absolute Gasteiger partial charge is 0.232 e. The number of nitriles is 1. The van der Waals surface area contributed by atoms with Gasteiger partial charge in [0.15, 0.2) is 6.19 Å². The Balaban J connectivity index is 1.72. The third-order valence-electron chi connectivity index (χ3n) is 4.21. The Morgan fingerprint density at radius 2 is 2.04 bits per heavy atom. The van der Waals surface area contributed by atoms with Crippen LogP contribution in [0.25, 0.3) is 11.1 Å². The van der Waals surface area contributed by atoms with Gasteiger partial charge in [0, 0.05) is 31.9 Å². The van der Waals surface area contributed by atoms with E-state index in [0.717, 1.165) is 17.5 Å². The molecule has 1 aromatic carbocycles. The van der Waals surface area contributed by atoms with Crippen LogP contribution in [-0.2, 0) is 4.79 Å². The van der Waals surface area contributed by atoms with E-state index in [0.29, 0.717) is 18.9 Å². The summed E-state index contributed by atoms with van der Waals surface area (Å²) in [5, 5.41) is 8.90. The first kappa shape index (κ1) is 15.0. The highest BCUT2D eigenvalue weighted by molar-refractivity contribution is 5.94. The molecule has 116 valence electrons. The number of hydrogen-bond acceptors (Lipinski definition) is 4. The van der Waals surface area contributed by atoms with E-state index >= 15 is 0 Å². The minimum absolute atomic E-state index is 0.0164. The van der Waals surface area contributed by atoms with Crippen molar-refractivity contribution < 1.29 is 4.79 Å². The molecular formula is C18H18N4O. The van der Waals surface area contributed by atoms with Crippen molar-refractivity contribution in [3.63, 3.8) is 0 Å². The van der Waals surface area contributed by atoms with E-state index < -0.39 is 0 Å². The summed E-state index contributed by atoms with van der Waals surface area (Å²) in [6.45, 7) is 1.16. The molecule has 2 aromatic rings. The second kappa shape index (κ2) is 6.49. The number of hydrogen-bond donors (Lipinski definition) is 0. The van der Waals surface area contributed by atoms with Crippen LogP contribution in [0.15, 0.2) is 48.7 Å². The zero-order valence-electron chi connectivity index (χ0n) is 13.0. The van der Waals surface area contributed by atoms with Gasteiger partial charge in [-0.25, -0.2) is 4.98 Å². The van der Waals surface area contributed by atoms with Crippen molar-refractivity contribution in [2.24, 2.45) is 5.92 Å². The van der Waals surface area contributed by atoms with Gasteiger partial charge in [0.2, 0.25) is 5.91 Å². The molecule has 3 rings (SSSR count). The van der Waals surface area contributed by atoms with Gasteiger partial charge in [-0.05, 0) is 24.1 Å². The van der Waals surface area contributed by atoms with Crippen LogP contribution in [0, 0.1) is 17.4 Å². The second-order valence-corrected chi connectivity index (χ2v) is 5.70. The summed E-state index contributed by atoms with van der Waals surface area (Å²) in [6, 6.07) is 13.8. The van der Waals surface area contributed by atoms with Crippen LogP contribution in [0.1, 0.15) is 6.42 Å². The van der Waals surface area contributed by atoms with Gasteiger partial charge in [0.1, 0.15) is 5.82 Å². The molecule has 1 aliphatic rings. The molecule has 0 aliphatic carbocycles. The van der Waals surface area contributed by atoms with Gasteiger partial charge in [-0.15, -0.1) is 0 Å². The third-order valence-corrected chi connectivity index (χ3v) is 4.21. The number of pyridine rings is 1. The Bertz CT molecular complexity index is 721. The zero-order chi connectivity index (χ0) is 16.2. The maximum absolute atomic E-state index is 12.5. The van der Waals surface area contributed by atoms with Crippen molar-refractivity contribution in [3.05, 3.63) is 48.7 Å². The molecule has 1 aromatic heterocycles. The summed E-state index contributed by atoms with van der Waals surface area (Å²) in [6.07, 6.45) is 4.60. The van der Waals surface area contributed by atoms with Gasteiger partial charge in [-0.2, -0.15) is 5.26 Å². The van der Waals surface area contributed by atoms with Crippen molar-refractivity contribution in [1.29, 1.82) is 5.26 Å². The van der Waals surface area contributed by atoms with Crippen molar-refractivity contribution >= 4 is 11.7 Å². The first-order valence-electron chi connectivity index (χ1n) is 7.63. The normalized spacial score (nSPS) is 16.9. The molecule has 0 unspecified atom stereocenters. The first-order chi connectivity index (χ1) is 11.2. The van der Waals surface area contributed by atoms with E-state index in [-0.39, 0.29) is 11.8 Å². The fourth-order valence-electron chi connectivity index (χ4n) is 2.83. The van der Waals surface area contributed by atoms with Crippen LogP contribution in [0.2, 0.25) is 0 Å². The number of aromatic nitrogens is 1. The molecule has 0 N–H and O–H groups in total. The molecule has 1 atom stereocenters. The molecule has 1 fully saturated rings. The first-order valence-corrected chi connectivity index (χ1v) is 7.63. The quantitative estimate of drug-likeness (QED) is 0.818. The number of nitrogens with zero attached hydrogens (tertiary/aromatic N) is 4. The Hall–Kier alpha value is -2.87. The van der Waals surface area contributed by atoms with E-state index in [2.05, 4.69) is 11.2 Å². The number of amides is 1. The molecule has 2 heterocycles. The van der Waals surface area contributed by atoms with Crippen LogP contribution < -0.4 is 4.90 Å². The number of likely N-dealkylation sites (tertiary alicyclic amines) is 1. The lowest BCUT2D eigenvalue weighted by Crippen LogP contribution is -2.34. The van der Waals surface area contributed by atoms with E-state index in [9.17, 15) is 4.79 Å². The van der Waals surface area contributed by atoms with Crippen molar-refractivity contribution in [2.45, 2.75) is 6.42 Å².